The van der Waals surface area contributed by atoms with Crippen molar-refractivity contribution in [2.24, 2.45) is 0 Å². The Kier molecular flexibility index (Phi) is 4.98. The van der Waals surface area contributed by atoms with Crippen LogP contribution in [-0.2, 0) is 4.74 Å². The van der Waals surface area contributed by atoms with E-state index in [2.05, 4.69) is 16.5 Å². The van der Waals surface area contributed by atoms with E-state index < -0.39 is 0 Å². The Morgan fingerprint density at radius 2 is 2.07 bits per heavy atom. The molecule has 4 rings (SSSR count). The van der Waals surface area contributed by atoms with Gasteiger partial charge in [-0.1, -0.05) is 24.8 Å². The summed E-state index contributed by atoms with van der Waals surface area (Å²) in [4.78, 5) is 16.5. The molecule has 1 fully saturated rings. The van der Waals surface area contributed by atoms with Crippen LogP contribution in [0.5, 0.6) is 5.75 Å². The summed E-state index contributed by atoms with van der Waals surface area (Å²) < 4.78 is 11.1. The van der Waals surface area contributed by atoms with E-state index in [1.165, 1.54) is 0 Å². The van der Waals surface area contributed by atoms with Crippen LogP contribution in [-0.4, -0.2) is 47.9 Å². The fraction of sp³-hybridized carbons (Fsp3) is 0.286. The number of rotatable bonds is 5. The number of nitrogens with zero attached hydrogens (tertiary/aromatic N) is 4. The van der Waals surface area contributed by atoms with Crippen molar-refractivity contribution < 1.29 is 9.47 Å². The topological polar surface area (TPSA) is 60.4 Å². The molecule has 1 aliphatic heterocycles. The molecule has 0 atom stereocenters. The molecule has 0 radical (unpaired) electrons. The minimum atomic E-state index is 0.619. The highest BCUT2D eigenvalue weighted by Gasteiger charge is 2.19. The van der Waals surface area contributed by atoms with Crippen molar-refractivity contribution in [3.63, 3.8) is 0 Å². The summed E-state index contributed by atoms with van der Waals surface area (Å²) in [5.74, 6) is 2.31. The Labute approximate surface area is 158 Å². The third-order valence-electron chi connectivity index (χ3n) is 4.49. The minimum absolute atomic E-state index is 0.619. The monoisotopic (exact) mass is 362 g/mol. The third-order valence-corrected chi connectivity index (χ3v) is 4.49. The summed E-state index contributed by atoms with van der Waals surface area (Å²) >= 11 is 0. The van der Waals surface area contributed by atoms with Gasteiger partial charge >= 0.3 is 0 Å². The standard InChI is InChI=1S/C21H22N4O2/c1-3-15-12-18-19(22-14-15)21(25-8-10-26-11-9-25)24-20(23-18)16-6-5-7-17(13-16)27-4-2/h3,5-7,12-14H,1,4,8-11H2,2H3. The van der Waals surface area contributed by atoms with Gasteiger partial charge in [-0.05, 0) is 30.7 Å². The second kappa shape index (κ2) is 7.72. The van der Waals surface area contributed by atoms with Gasteiger partial charge in [0.15, 0.2) is 11.6 Å². The van der Waals surface area contributed by atoms with Crippen molar-refractivity contribution in [2.45, 2.75) is 6.92 Å². The molecule has 3 heterocycles. The molecular weight excluding hydrogens is 340 g/mol. The van der Waals surface area contributed by atoms with E-state index in [0.717, 1.165) is 46.8 Å². The molecule has 0 amide bonds. The van der Waals surface area contributed by atoms with E-state index in [1.54, 1.807) is 12.3 Å². The van der Waals surface area contributed by atoms with Crippen LogP contribution in [0.4, 0.5) is 5.82 Å². The first kappa shape index (κ1) is 17.4. The molecule has 0 bridgehead atoms. The molecule has 6 heteroatoms. The highest BCUT2D eigenvalue weighted by molar-refractivity contribution is 5.88. The second-order valence-electron chi connectivity index (χ2n) is 6.27. The van der Waals surface area contributed by atoms with Crippen LogP contribution in [0.1, 0.15) is 12.5 Å². The Morgan fingerprint density at radius 3 is 2.85 bits per heavy atom. The van der Waals surface area contributed by atoms with E-state index in [4.69, 9.17) is 19.4 Å². The summed E-state index contributed by atoms with van der Waals surface area (Å²) in [6, 6.07) is 9.86. The molecule has 2 aromatic heterocycles. The normalized spacial score (nSPS) is 14.3. The first-order valence-corrected chi connectivity index (χ1v) is 9.14. The van der Waals surface area contributed by atoms with Gasteiger partial charge in [-0.2, -0.15) is 0 Å². The van der Waals surface area contributed by atoms with Gasteiger partial charge in [0.25, 0.3) is 0 Å². The molecule has 0 saturated carbocycles. The van der Waals surface area contributed by atoms with Crippen LogP contribution in [0.25, 0.3) is 28.5 Å². The first-order chi connectivity index (χ1) is 13.3. The Bertz CT molecular complexity index is 968. The zero-order valence-corrected chi connectivity index (χ0v) is 15.4. The number of morpholine rings is 1. The molecule has 1 aromatic carbocycles. The summed E-state index contributed by atoms with van der Waals surface area (Å²) in [5.41, 5.74) is 3.46. The van der Waals surface area contributed by atoms with Gasteiger partial charge in [-0.3, -0.25) is 4.98 Å². The van der Waals surface area contributed by atoms with Gasteiger partial charge in [0.2, 0.25) is 0 Å². The van der Waals surface area contributed by atoms with Crippen molar-refractivity contribution in [3.05, 3.63) is 48.7 Å². The molecule has 3 aromatic rings. The molecule has 0 spiro atoms. The summed E-state index contributed by atoms with van der Waals surface area (Å²) in [6.45, 7) is 9.37. The SMILES string of the molecule is C=Cc1cnc2c(N3CCOCC3)nc(-c3cccc(OCC)c3)nc2c1. The zero-order chi connectivity index (χ0) is 18.6. The number of aromatic nitrogens is 3. The van der Waals surface area contributed by atoms with Gasteiger partial charge < -0.3 is 14.4 Å². The molecule has 6 nitrogen and oxygen atoms in total. The van der Waals surface area contributed by atoms with Crippen molar-refractivity contribution in [1.82, 2.24) is 15.0 Å². The first-order valence-electron chi connectivity index (χ1n) is 9.14. The van der Waals surface area contributed by atoms with Crippen LogP contribution in [0.2, 0.25) is 0 Å². The van der Waals surface area contributed by atoms with Crippen LogP contribution >= 0.6 is 0 Å². The molecule has 1 aliphatic rings. The van der Waals surface area contributed by atoms with Gasteiger partial charge in [-0.25, -0.2) is 9.97 Å². The molecule has 0 aliphatic carbocycles. The van der Waals surface area contributed by atoms with E-state index in [0.29, 0.717) is 25.6 Å². The van der Waals surface area contributed by atoms with Gasteiger partial charge in [0.05, 0.1) is 25.3 Å². The molecule has 27 heavy (non-hydrogen) atoms. The number of anilines is 1. The number of hydrogen-bond acceptors (Lipinski definition) is 6. The highest BCUT2D eigenvalue weighted by atomic mass is 16.5. The maximum Gasteiger partial charge on any atom is 0.162 e. The van der Waals surface area contributed by atoms with Crippen molar-refractivity contribution in [1.29, 1.82) is 0 Å². The predicted molar refractivity (Wildman–Crippen MR) is 107 cm³/mol. The Balaban J connectivity index is 1.87. The summed E-state index contributed by atoms with van der Waals surface area (Å²) in [7, 11) is 0. The lowest BCUT2D eigenvalue weighted by atomic mass is 10.2. The van der Waals surface area contributed by atoms with Crippen LogP contribution < -0.4 is 9.64 Å². The number of pyridine rings is 1. The van der Waals surface area contributed by atoms with E-state index in [-0.39, 0.29) is 0 Å². The number of fused-ring (bicyclic) bond motifs is 1. The zero-order valence-electron chi connectivity index (χ0n) is 15.4. The van der Waals surface area contributed by atoms with E-state index in [1.807, 2.05) is 37.3 Å². The highest BCUT2D eigenvalue weighted by Crippen LogP contribution is 2.29. The fourth-order valence-electron chi connectivity index (χ4n) is 3.15. The molecule has 0 N–H and O–H groups in total. The van der Waals surface area contributed by atoms with Crippen LogP contribution in [0, 0.1) is 0 Å². The quantitative estimate of drug-likeness (QED) is 0.691. The predicted octanol–water partition coefficient (Wildman–Crippen LogP) is 3.57. The largest absolute Gasteiger partial charge is 0.494 e. The molecular formula is C21H22N4O2. The van der Waals surface area contributed by atoms with Gasteiger partial charge in [-0.15, -0.1) is 0 Å². The number of hydrogen-bond donors (Lipinski definition) is 0. The maximum absolute atomic E-state index is 5.63. The summed E-state index contributed by atoms with van der Waals surface area (Å²) in [6.07, 6.45) is 3.58. The number of benzene rings is 1. The second-order valence-corrected chi connectivity index (χ2v) is 6.27. The lowest BCUT2D eigenvalue weighted by molar-refractivity contribution is 0.122. The van der Waals surface area contributed by atoms with Crippen LogP contribution in [0.15, 0.2) is 43.1 Å². The third kappa shape index (κ3) is 3.61. The van der Waals surface area contributed by atoms with Crippen molar-refractivity contribution >= 4 is 22.9 Å². The average molecular weight is 362 g/mol. The smallest absolute Gasteiger partial charge is 0.162 e. The molecule has 0 unspecified atom stereocenters. The lowest BCUT2D eigenvalue weighted by Gasteiger charge is -2.28. The summed E-state index contributed by atoms with van der Waals surface area (Å²) in [5, 5.41) is 0. The number of ether oxygens (including phenoxy) is 2. The van der Waals surface area contributed by atoms with Gasteiger partial charge in [0.1, 0.15) is 11.3 Å². The average Bonchev–Trinajstić information content (AvgIpc) is 2.73. The van der Waals surface area contributed by atoms with E-state index >= 15 is 0 Å². The fourth-order valence-corrected chi connectivity index (χ4v) is 3.15. The Hall–Kier alpha value is -2.99. The molecule has 1 saturated heterocycles. The lowest BCUT2D eigenvalue weighted by Crippen LogP contribution is -2.37. The Morgan fingerprint density at radius 1 is 1.22 bits per heavy atom. The van der Waals surface area contributed by atoms with Crippen molar-refractivity contribution in [3.8, 4) is 17.1 Å². The van der Waals surface area contributed by atoms with Crippen LogP contribution in [0.3, 0.4) is 0 Å². The minimum Gasteiger partial charge on any atom is -0.494 e. The van der Waals surface area contributed by atoms with Gasteiger partial charge in [0, 0.05) is 24.8 Å². The van der Waals surface area contributed by atoms with E-state index in [9.17, 15) is 0 Å². The van der Waals surface area contributed by atoms with Crippen molar-refractivity contribution in [2.75, 3.05) is 37.8 Å². The maximum atomic E-state index is 5.63. The molecule has 138 valence electrons.